The van der Waals surface area contributed by atoms with Crippen LogP contribution in [0.2, 0.25) is 0 Å². The molecule has 0 saturated carbocycles. The largest absolute Gasteiger partial charge is 0.575 e. The Balaban J connectivity index is 3.41. The van der Waals surface area contributed by atoms with Crippen molar-refractivity contribution >= 4 is 5.82 Å². The second kappa shape index (κ2) is 5.38. The van der Waals surface area contributed by atoms with Crippen LogP contribution < -0.4 is 9.47 Å². The molecule has 1 aromatic rings. The maximum absolute atomic E-state index is 12.2. The van der Waals surface area contributed by atoms with Crippen LogP contribution in [-0.2, 0) is 6.42 Å². The number of nitriles is 1. The van der Waals surface area contributed by atoms with Crippen molar-refractivity contribution in [2.45, 2.75) is 12.8 Å². The molecule has 0 aliphatic carbocycles. The molecule has 0 radical (unpaired) electrons. The van der Waals surface area contributed by atoms with E-state index in [-0.39, 0.29) is 11.3 Å². The molecule has 10 heteroatoms. The number of nitrogens with zero attached hydrogens (tertiary/aromatic N) is 3. The van der Waals surface area contributed by atoms with Gasteiger partial charge in [-0.3, -0.25) is 0 Å². The summed E-state index contributed by atoms with van der Waals surface area (Å²) in [4.78, 5) is 12.7. The first kappa shape index (κ1) is 14.5. The number of hydrogen-bond acceptors (Lipinski definition) is 6. The van der Waals surface area contributed by atoms with Gasteiger partial charge in [-0.2, -0.15) is 5.26 Å². The van der Waals surface area contributed by atoms with E-state index in [0.29, 0.717) is 0 Å². The van der Waals surface area contributed by atoms with E-state index in [0.717, 1.165) is 13.2 Å². The normalized spacial score (nSPS) is 10.7. The number of pyridine rings is 1. The van der Waals surface area contributed by atoms with E-state index in [1.807, 2.05) is 0 Å². The molecule has 1 aromatic heterocycles. The van der Waals surface area contributed by atoms with Gasteiger partial charge in [0.25, 0.3) is 0 Å². The molecule has 1 heterocycles. The number of halogens is 3. The second-order valence-corrected chi connectivity index (χ2v) is 3.11. The lowest BCUT2D eigenvalue weighted by molar-refractivity contribution is -0.390. The van der Waals surface area contributed by atoms with Crippen molar-refractivity contribution in [2.24, 2.45) is 0 Å². The number of ether oxygens (including phenoxy) is 2. The van der Waals surface area contributed by atoms with E-state index in [1.54, 1.807) is 6.07 Å². The highest BCUT2D eigenvalue weighted by atomic mass is 19.4. The van der Waals surface area contributed by atoms with Crippen LogP contribution >= 0.6 is 0 Å². The summed E-state index contributed by atoms with van der Waals surface area (Å²) in [5.74, 6) is -2.22. The predicted molar refractivity (Wildman–Crippen MR) is 53.4 cm³/mol. The third-order valence-electron chi connectivity index (χ3n) is 1.91. The van der Waals surface area contributed by atoms with Gasteiger partial charge in [0.1, 0.15) is 5.75 Å². The SMILES string of the molecule is COc1cc([N+](=O)[O-])nc(OC(F)(F)F)c1CC#N. The van der Waals surface area contributed by atoms with Crippen LogP contribution in [0, 0.1) is 21.4 Å². The van der Waals surface area contributed by atoms with E-state index in [2.05, 4.69) is 9.72 Å². The van der Waals surface area contributed by atoms with Gasteiger partial charge in [0, 0.05) is 4.98 Å². The smallest absolute Gasteiger partial charge is 0.496 e. The van der Waals surface area contributed by atoms with Gasteiger partial charge < -0.3 is 19.6 Å². The first-order valence-corrected chi connectivity index (χ1v) is 4.63. The fourth-order valence-corrected chi connectivity index (χ4v) is 1.23. The minimum absolute atomic E-state index is 0.275. The number of hydrogen-bond donors (Lipinski definition) is 0. The summed E-state index contributed by atoms with van der Waals surface area (Å²) in [6, 6.07) is 2.41. The van der Waals surface area contributed by atoms with E-state index in [4.69, 9.17) is 10.00 Å². The molecule has 0 N–H and O–H groups in total. The summed E-state index contributed by atoms with van der Waals surface area (Å²) in [5.41, 5.74) is -0.312. The topological polar surface area (TPSA) is 98.3 Å². The van der Waals surface area contributed by atoms with Crippen molar-refractivity contribution in [3.05, 3.63) is 21.7 Å². The highest BCUT2D eigenvalue weighted by Gasteiger charge is 2.36. The molecule has 7 nitrogen and oxygen atoms in total. The molecular formula is C9H6F3N3O4. The highest BCUT2D eigenvalue weighted by molar-refractivity contribution is 5.47. The summed E-state index contributed by atoms with van der Waals surface area (Å²) in [6.45, 7) is 0. The zero-order chi connectivity index (χ0) is 14.6. The molecule has 0 aliphatic rings. The van der Waals surface area contributed by atoms with Crippen LogP contribution in [-0.4, -0.2) is 23.4 Å². The zero-order valence-electron chi connectivity index (χ0n) is 9.39. The molecule has 0 bridgehead atoms. The van der Waals surface area contributed by atoms with Crippen molar-refractivity contribution < 1.29 is 27.6 Å². The Labute approximate surface area is 104 Å². The lowest BCUT2D eigenvalue weighted by Gasteiger charge is -2.10. The third-order valence-corrected chi connectivity index (χ3v) is 1.91. The van der Waals surface area contributed by atoms with Gasteiger partial charge in [-0.05, 0) is 4.92 Å². The molecule has 0 saturated heterocycles. The Morgan fingerprint density at radius 1 is 1.58 bits per heavy atom. The summed E-state index contributed by atoms with van der Waals surface area (Å²) in [7, 11) is 1.09. The van der Waals surface area contributed by atoms with Crippen LogP contribution in [0.4, 0.5) is 19.0 Å². The summed E-state index contributed by atoms with van der Waals surface area (Å²) in [5, 5.41) is 19.1. The maximum Gasteiger partial charge on any atom is 0.575 e. The van der Waals surface area contributed by atoms with Crippen LogP contribution in [0.5, 0.6) is 11.6 Å². The second-order valence-electron chi connectivity index (χ2n) is 3.11. The van der Waals surface area contributed by atoms with Crippen LogP contribution in [0.15, 0.2) is 6.07 Å². The maximum atomic E-state index is 12.2. The standard InChI is InChI=1S/C9H6F3N3O4/c1-18-6-4-7(15(16)17)14-8(5(6)2-3-13)19-9(10,11)12/h4H,2H2,1H3. The van der Waals surface area contributed by atoms with Gasteiger partial charge in [-0.15, -0.1) is 13.2 Å². The molecule has 0 aromatic carbocycles. The van der Waals surface area contributed by atoms with Gasteiger partial charge in [0.2, 0.25) is 0 Å². The lowest BCUT2D eigenvalue weighted by atomic mass is 10.2. The van der Waals surface area contributed by atoms with E-state index < -0.39 is 29.4 Å². The van der Waals surface area contributed by atoms with Crippen molar-refractivity contribution in [3.8, 4) is 17.7 Å². The quantitative estimate of drug-likeness (QED) is 0.616. The molecule has 0 aliphatic heterocycles. The monoisotopic (exact) mass is 277 g/mol. The van der Waals surface area contributed by atoms with E-state index >= 15 is 0 Å². The number of nitro groups is 1. The molecular weight excluding hydrogens is 271 g/mol. The molecule has 0 spiro atoms. The molecule has 1 rings (SSSR count). The Kier molecular flexibility index (Phi) is 4.11. The fourth-order valence-electron chi connectivity index (χ4n) is 1.23. The minimum atomic E-state index is -5.09. The van der Waals surface area contributed by atoms with Crippen LogP contribution in [0.25, 0.3) is 0 Å². The van der Waals surface area contributed by atoms with Crippen molar-refractivity contribution in [3.63, 3.8) is 0 Å². The Morgan fingerprint density at radius 3 is 2.63 bits per heavy atom. The zero-order valence-corrected chi connectivity index (χ0v) is 9.39. The lowest BCUT2D eigenvalue weighted by Crippen LogP contribution is -2.19. The number of rotatable bonds is 4. The van der Waals surface area contributed by atoms with Gasteiger partial charge in [-0.25, -0.2) is 0 Å². The average molecular weight is 277 g/mol. The molecule has 0 amide bonds. The van der Waals surface area contributed by atoms with Crippen LogP contribution in [0.1, 0.15) is 5.56 Å². The Morgan fingerprint density at radius 2 is 2.21 bits per heavy atom. The highest BCUT2D eigenvalue weighted by Crippen LogP contribution is 2.34. The van der Waals surface area contributed by atoms with Gasteiger partial charge in [-0.1, -0.05) is 0 Å². The molecule has 0 atom stereocenters. The molecule has 102 valence electrons. The minimum Gasteiger partial charge on any atom is -0.496 e. The third kappa shape index (κ3) is 3.70. The molecule has 0 unspecified atom stereocenters. The predicted octanol–water partition coefficient (Wildman–Crippen LogP) is 1.96. The number of aromatic nitrogens is 1. The first-order chi connectivity index (χ1) is 8.78. The molecule has 19 heavy (non-hydrogen) atoms. The van der Waals surface area contributed by atoms with E-state index in [1.165, 1.54) is 0 Å². The van der Waals surface area contributed by atoms with Crippen molar-refractivity contribution in [1.29, 1.82) is 5.26 Å². The number of alkyl halides is 3. The van der Waals surface area contributed by atoms with Gasteiger partial charge in [0.05, 0.1) is 31.2 Å². The Bertz CT molecular complexity index is 539. The van der Waals surface area contributed by atoms with Crippen LogP contribution in [0.3, 0.4) is 0 Å². The van der Waals surface area contributed by atoms with Gasteiger partial charge in [0.15, 0.2) is 0 Å². The summed E-state index contributed by atoms with van der Waals surface area (Å²) >= 11 is 0. The van der Waals surface area contributed by atoms with Crippen molar-refractivity contribution in [1.82, 2.24) is 4.98 Å². The van der Waals surface area contributed by atoms with Crippen molar-refractivity contribution in [2.75, 3.05) is 7.11 Å². The Hall–Kier alpha value is -2.57. The summed E-state index contributed by atoms with van der Waals surface area (Å²) < 4.78 is 44.8. The first-order valence-electron chi connectivity index (χ1n) is 4.63. The van der Waals surface area contributed by atoms with Gasteiger partial charge >= 0.3 is 18.1 Å². The average Bonchev–Trinajstić information content (AvgIpc) is 2.29. The summed E-state index contributed by atoms with van der Waals surface area (Å²) in [6.07, 6.45) is -5.59. The molecule has 0 fully saturated rings. The van der Waals surface area contributed by atoms with E-state index in [9.17, 15) is 23.3 Å². The number of methoxy groups -OCH3 is 1. The fraction of sp³-hybridized carbons (Fsp3) is 0.333.